The van der Waals surface area contributed by atoms with Gasteiger partial charge in [-0.2, -0.15) is 0 Å². The molecule has 2 aromatic carbocycles. The molecule has 0 aliphatic carbocycles. The van der Waals surface area contributed by atoms with Crippen molar-refractivity contribution in [3.63, 3.8) is 0 Å². The number of rotatable bonds is 5. The maximum absolute atomic E-state index is 14.1. The van der Waals surface area contributed by atoms with Crippen LogP contribution >= 0.6 is 0 Å². The van der Waals surface area contributed by atoms with Crippen molar-refractivity contribution >= 4 is 28.8 Å². The SMILES string of the molecule is COc1ccc(F)cc1/C(O)=C1\C(=O)C(=O)N(c2ccc(N3CCN(C)CC3)cc2)C1c1cccnc1. The molecule has 1 amide bonds. The summed E-state index contributed by atoms with van der Waals surface area (Å²) in [4.78, 5) is 36.8. The van der Waals surface area contributed by atoms with Gasteiger partial charge in [-0.3, -0.25) is 19.5 Å². The minimum absolute atomic E-state index is 0.0141. The molecule has 1 aromatic heterocycles. The fraction of sp³-hybridized carbons (Fsp3) is 0.250. The molecule has 5 rings (SSSR count). The fourth-order valence-electron chi connectivity index (χ4n) is 4.85. The van der Waals surface area contributed by atoms with Crippen molar-refractivity contribution in [3.8, 4) is 5.75 Å². The zero-order chi connectivity index (χ0) is 26.1. The summed E-state index contributed by atoms with van der Waals surface area (Å²) in [5.74, 6) is -2.63. The van der Waals surface area contributed by atoms with Crippen LogP contribution < -0.4 is 14.5 Å². The van der Waals surface area contributed by atoms with Gasteiger partial charge in [-0.1, -0.05) is 6.07 Å². The minimum Gasteiger partial charge on any atom is -0.507 e. The lowest BCUT2D eigenvalue weighted by Gasteiger charge is -2.34. The number of aliphatic hydroxyl groups excluding tert-OH is 1. The number of pyridine rings is 1. The van der Waals surface area contributed by atoms with Gasteiger partial charge >= 0.3 is 0 Å². The summed E-state index contributed by atoms with van der Waals surface area (Å²) in [6.45, 7) is 3.71. The number of carbonyl (C=O) groups is 2. The molecule has 9 heteroatoms. The van der Waals surface area contributed by atoms with Gasteiger partial charge in [-0.25, -0.2) is 4.39 Å². The Morgan fingerprint density at radius 3 is 2.38 bits per heavy atom. The molecule has 1 unspecified atom stereocenters. The Kier molecular flexibility index (Phi) is 6.62. The Morgan fingerprint density at radius 2 is 1.73 bits per heavy atom. The van der Waals surface area contributed by atoms with Crippen LogP contribution in [0.3, 0.4) is 0 Å². The van der Waals surface area contributed by atoms with E-state index in [9.17, 15) is 19.1 Å². The van der Waals surface area contributed by atoms with Crippen molar-refractivity contribution in [2.45, 2.75) is 6.04 Å². The second-order valence-corrected chi connectivity index (χ2v) is 9.11. The first-order valence-electron chi connectivity index (χ1n) is 12.0. The van der Waals surface area contributed by atoms with Crippen molar-refractivity contribution in [2.75, 3.05) is 50.1 Å². The van der Waals surface area contributed by atoms with E-state index in [1.807, 2.05) is 12.1 Å². The molecule has 2 saturated heterocycles. The molecular weight excluding hydrogens is 475 g/mol. The standard InChI is InChI=1S/C28H27FN4O4/c1-31-12-14-32(15-13-31)20-6-8-21(9-7-20)33-25(18-4-3-11-30-17-18)24(27(35)28(33)36)26(34)22-16-19(29)5-10-23(22)37-2/h3-11,16-17,25,34H,12-15H2,1-2H3/b26-24+. The van der Waals surface area contributed by atoms with Gasteiger partial charge in [-0.15, -0.1) is 0 Å². The zero-order valence-electron chi connectivity index (χ0n) is 20.6. The number of nitrogens with zero attached hydrogens (tertiary/aromatic N) is 4. The number of ketones is 1. The summed E-state index contributed by atoms with van der Waals surface area (Å²) in [6.07, 6.45) is 3.12. The topological polar surface area (TPSA) is 86.2 Å². The molecule has 2 fully saturated rings. The Hall–Kier alpha value is -4.24. The average Bonchev–Trinajstić information content (AvgIpc) is 3.19. The van der Waals surface area contributed by atoms with Gasteiger partial charge in [-0.05, 0) is 61.1 Å². The number of hydrogen-bond donors (Lipinski definition) is 1. The third-order valence-corrected chi connectivity index (χ3v) is 6.86. The highest BCUT2D eigenvalue weighted by Crippen LogP contribution is 2.43. The van der Waals surface area contributed by atoms with E-state index in [0.717, 1.165) is 37.9 Å². The number of amides is 1. The van der Waals surface area contributed by atoms with Gasteiger partial charge in [0.15, 0.2) is 0 Å². The number of ether oxygens (including phenoxy) is 1. The molecule has 1 atom stereocenters. The van der Waals surface area contributed by atoms with Crippen molar-refractivity contribution < 1.29 is 23.8 Å². The van der Waals surface area contributed by atoms with Gasteiger partial charge < -0.3 is 19.6 Å². The van der Waals surface area contributed by atoms with E-state index < -0.39 is 29.3 Å². The first-order valence-corrected chi connectivity index (χ1v) is 12.0. The molecule has 8 nitrogen and oxygen atoms in total. The van der Waals surface area contributed by atoms with Crippen LogP contribution in [0.15, 0.2) is 72.6 Å². The van der Waals surface area contributed by atoms with Crippen molar-refractivity contribution in [3.05, 3.63) is 89.5 Å². The van der Waals surface area contributed by atoms with Gasteiger partial charge in [0.2, 0.25) is 0 Å². The summed E-state index contributed by atoms with van der Waals surface area (Å²) in [5, 5.41) is 11.3. The van der Waals surface area contributed by atoms with Crippen LogP contribution in [0.1, 0.15) is 17.2 Å². The van der Waals surface area contributed by atoms with E-state index in [2.05, 4.69) is 21.8 Å². The monoisotopic (exact) mass is 502 g/mol. The first kappa shape index (κ1) is 24.5. The summed E-state index contributed by atoms with van der Waals surface area (Å²) in [5.41, 5.74) is 1.88. The number of piperazine rings is 1. The third kappa shape index (κ3) is 4.53. The lowest BCUT2D eigenvalue weighted by Crippen LogP contribution is -2.44. The predicted octanol–water partition coefficient (Wildman–Crippen LogP) is 3.61. The maximum Gasteiger partial charge on any atom is 0.300 e. The number of benzene rings is 2. The number of Topliss-reactive ketones (excluding diaryl/α,β-unsaturated/α-hetero) is 1. The molecule has 37 heavy (non-hydrogen) atoms. The Labute approximate surface area is 214 Å². The van der Waals surface area contributed by atoms with E-state index in [1.54, 1.807) is 30.5 Å². The molecule has 0 bridgehead atoms. The van der Waals surface area contributed by atoms with Crippen LogP contribution in [0.4, 0.5) is 15.8 Å². The molecule has 0 radical (unpaired) electrons. The van der Waals surface area contributed by atoms with Crippen molar-refractivity contribution in [2.24, 2.45) is 0 Å². The zero-order valence-corrected chi connectivity index (χ0v) is 20.6. The van der Waals surface area contributed by atoms with Gasteiger partial charge in [0.1, 0.15) is 17.3 Å². The van der Waals surface area contributed by atoms with Crippen LogP contribution in [0.5, 0.6) is 5.75 Å². The lowest BCUT2D eigenvalue weighted by atomic mass is 9.95. The smallest absolute Gasteiger partial charge is 0.300 e. The van der Waals surface area contributed by atoms with Crippen LogP contribution in [-0.4, -0.2) is 67.0 Å². The average molecular weight is 503 g/mol. The van der Waals surface area contributed by atoms with Gasteiger partial charge in [0.25, 0.3) is 11.7 Å². The highest BCUT2D eigenvalue weighted by Gasteiger charge is 2.47. The Morgan fingerprint density at radius 1 is 1.03 bits per heavy atom. The van der Waals surface area contributed by atoms with Crippen molar-refractivity contribution in [1.82, 2.24) is 9.88 Å². The van der Waals surface area contributed by atoms with E-state index in [0.29, 0.717) is 11.3 Å². The van der Waals surface area contributed by atoms with Crippen LogP contribution in [0, 0.1) is 5.82 Å². The summed E-state index contributed by atoms with van der Waals surface area (Å²) in [6, 6.07) is 13.5. The van der Waals surface area contributed by atoms with E-state index in [1.165, 1.54) is 30.3 Å². The number of likely N-dealkylation sites (N-methyl/N-ethyl adjacent to an activating group) is 1. The third-order valence-electron chi connectivity index (χ3n) is 6.86. The molecule has 0 spiro atoms. The van der Waals surface area contributed by atoms with Crippen LogP contribution in [0.2, 0.25) is 0 Å². The number of hydrogen-bond acceptors (Lipinski definition) is 7. The molecule has 3 aromatic rings. The quantitative estimate of drug-likeness (QED) is 0.324. The highest BCUT2D eigenvalue weighted by molar-refractivity contribution is 6.51. The number of anilines is 2. The number of aromatic nitrogens is 1. The minimum atomic E-state index is -0.962. The van der Waals surface area contributed by atoms with Crippen LogP contribution in [0.25, 0.3) is 5.76 Å². The molecule has 3 heterocycles. The number of methoxy groups -OCH3 is 1. The first-order chi connectivity index (χ1) is 17.9. The fourth-order valence-corrected chi connectivity index (χ4v) is 4.85. The van der Waals surface area contributed by atoms with E-state index in [4.69, 9.17) is 4.74 Å². The molecule has 1 N–H and O–H groups in total. The van der Waals surface area contributed by atoms with E-state index >= 15 is 0 Å². The maximum atomic E-state index is 14.1. The number of carbonyl (C=O) groups excluding carboxylic acids is 2. The highest BCUT2D eigenvalue weighted by atomic mass is 19.1. The molecule has 2 aliphatic rings. The Balaban J connectivity index is 1.60. The Bertz CT molecular complexity index is 1350. The molecular formula is C28H27FN4O4. The second kappa shape index (κ2) is 10.0. The lowest BCUT2D eigenvalue weighted by molar-refractivity contribution is -0.132. The second-order valence-electron chi connectivity index (χ2n) is 9.11. The van der Waals surface area contributed by atoms with Crippen LogP contribution in [-0.2, 0) is 9.59 Å². The number of halogens is 1. The summed E-state index contributed by atoms with van der Waals surface area (Å²) < 4.78 is 19.4. The van der Waals surface area contributed by atoms with E-state index in [-0.39, 0.29) is 16.9 Å². The summed E-state index contributed by atoms with van der Waals surface area (Å²) in [7, 11) is 3.47. The predicted molar refractivity (Wildman–Crippen MR) is 138 cm³/mol. The summed E-state index contributed by atoms with van der Waals surface area (Å²) >= 11 is 0. The number of aliphatic hydroxyl groups is 1. The van der Waals surface area contributed by atoms with Gasteiger partial charge in [0.05, 0.1) is 24.3 Å². The largest absolute Gasteiger partial charge is 0.507 e. The molecule has 0 saturated carbocycles. The molecule has 2 aliphatic heterocycles. The van der Waals surface area contributed by atoms with Crippen molar-refractivity contribution in [1.29, 1.82) is 0 Å². The molecule has 190 valence electrons. The van der Waals surface area contributed by atoms with Gasteiger partial charge in [0, 0.05) is 49.9 Å². The normalized spacial score (nSPS) is 19.9.